The summed E-state index contributed by atoms with van der Waals surface area (Å²) in [6.45, 7) is 4.33. The van der Waals surface area contributed by atoms with E-state index in [4.69, 9.17) is 16.7 Å². The maximum absolute atomic E-state index is 9.12. The van der Waals surface area contributed by atoms with Crippen LogP contribution in [0.15, 0.2) is 24.3 Å². The van der Waals surface area contributed by atoms with Gasteiger partial charge in [-0.2, -0.15) is 5.10 Å². The van der Waals surface area contributed by atoms with Gasteiger partial charge in [-0.1, -0.05) is 25.4 Å². The Hall–Kier alpha value is -1.39. The van der Waals surface area contributed by atoms with E-state index in [0.717, 1.165) is 23.8 Å². The zero-order chi connectivity index (χ0) is 13.8. The molecule has 0 aliphatic rings. The second-order valence-electron chi connectivity index (χ2n) is 4.90. The summed E-state index contributed by atoms with van der Waals surface area (Å²) in [5.74, 6) is 2.09. The van der Waals surface area contributed by atoms with Gasteiger partial charge < -0.3 is 5.11 Å². The first kappa shape index (κ1) is 14.0. The van der Waals surface area contributed by atoms with E-state index in [-0.39, 0.29) is 6.61 Å². The van der Waals surface area contributed by atoms with Crippen molar-refractivity contribution in [3.8, 4) is 5.69 Å². The van der Waals surface area contributed by atoms with E-state index in [1.54, 1.807) is 4.68 Å². The third kappa shape index (κ3) is 3.55. The Kier molecular flexibility index (Phi) is 4.56. The van der Waals surface area contributed by atoms with Crippen molar-refractivity contribution in [2.75, 3.05) is 6.61 Å². The molecule has 0 atom stereocenters. The van der Waals surface area contributed by atoms with E-state index < -0.39 is 0 Å². The molecule has 0 amide bonds. The number of halogens is 1. The molecule has 2 aromatic rings. The Morgan fingerprint density at radius 2 is 1.95 bits per heavy atom. The molecule has 0 bridgehead atoms. The number of hydrogen-bond donors (Lipinski definition) is 1. The van der Waals surface area contributed by atoms with Gasteiger partial charge in [0.05, 0.1) is 12.3 Å². The molecule has 0 fully saturated rings. The van der Waals surface area contributed by atoms with Crippen molar-refractivity contribution in [3.05, 3.63) is 40.9 Å². The second kappa shape index (κ2) is 6.17. The van der Waals surface area contributed by atoms with E-state index in [2.05, 4.69) is 23.9 Å². The standard InChI is InChI=1S/C14H18ClN3O/c1-10(2)9-13-16-14(7-8-19)18(17-13)12-5-3-11(15)4-6-12/h3-6,10,19H,7-9H2,1-2H3. The summed E-state index contributed by atoms with van der Waals surface area (Å²) >= 11 is 5.89. The van der Waals surface area contributed by atoms with Crippen molar-refractivity contribution in [1.29, 1.82) is 0 Å². The minimum Gasteiger partial charge on any atom is -0.396 e. The number of rotatable bonds is 5. The summed E-state index contributed by atoms with van der Waals surface area (Å²) in [7, 11) is 0. The van der Waals surface area contributed by atoms with Crippen molar-refractivity contribution in [2.24, 2.45) is 5.92 Å². The first-order valence-corrected chi connectivity index (χ1v) is 6.79. The highest BCUT2D eigenvalue weighted by Gasteiger charge is 2.12. The Morgan fingerprint density at radius 1 is 1.26 bits per heavy atom. The molecule has 1 heterocycles. The van der Waals surface area contributed by atoms with Crippen molar-refractivity contribution in [3.63, 3.8) is 0 Å². The average Bonchev–Trinajstić information content (AvgIpc) is 2.72. The van der Waals surface area contributed by atoms with Crippen molar-refractivity contribution < 1.29 is 5.11 Å². The minimum absolute atomic E-state index is 0.0629. The number of aliphatic hydroxyl groups is 1. The van der Waals surface area contributed by atoms with Crippen LogP contribution in [-0.2, 0) is 12.8 Å². The van der Waals surface area contributed by atoms with Gasteiger partial charge in [0.25, 0.3) is 0 Å². The van der Waals surface area contributed by atoms with Crippen LogP contribution in [0.3, 0.4) is 0 Å². The largest absolute Gasteiger partial charge is 0.396 e. The van der Waals surface area contributed by atoms with Crippen LogP contribution in [0.2, 0.25) is 5.02 Å². The van der Waals surface area contributed by atoms with Gasteiger partial charge in [0.1, 0.15) is 5.82 Å². The van der Waals surface area contributed by atoms with Gasteiger partial charge in [-0.15, -0.1) is 0 Å². The second-order valence-corrected chi connectivity index (χ2v) is 5.34. The Balaban J connectivity index is 2.36. The van der Waals surface area contributed by atoms with Crippen LogP contribution in [0, 0.1) is 5.92 Å². The predicted octanol–water partition coefficient (Wildman–Crippen LogP) is 2.65. The van der Waals surface area contributed by atoms with Crippen LogP contribution >= 0.6 is 11.6 Å². The number of hydrogen-bond acceptors (Lipinski definition) is 3. The van der Waals surface area contributed by atoms with Gasteiger partial charge in [-0.3, -0.25) is 0 Å². The summed E-state index contributed by atoms with van der Waals surface area (Å²) in [5, 5.41) is 14.3. The van der Waals surface area contributed by atoms with Crippen molar-refractivity contribution >= 4 is 11.6 Å². The monoisotopic (exact) mass is 279 g/mol. The molecule has 1 aromatic carbocycles. The third-order valence-corrected chi connectivity index (χ3v) is 2.97. The lowest BCUT2D eigenvalue weighted by Gasteiger charge is -2.04. The minimum atomic E-state index is 0.0629. The average molecular weight is 280 g/mol. The highest BCUT2D eigenvalue weighted by Crippen LogP contribution is 2.15. The molecule has 5 heteroatoms. The summed E-state index contributed by atoms with van der Waals surface area (Å²) < 4.78 is 1.78. The summed E-state index contributed by atoms with van der Waals surface area (Å²) in [4.78, 5) is 4.50. The fourth-order valence-electron chi connectivity index (χ4n) is 1.89. The molecule has 102 valence electrons. The fraction of sp³-hybridized carbons (Fsp3) is 0.429. The molecule has 0 saturated carbocycles. The lowest BCUT2D eigenvalue weighted by atomic mass is 10.1. The molecule has 1 N–H and O–H groups in total. The Morgan fingerprint density at radius 3 is 2.53 bits per heavy atom. The molecule has 0 saturated heterocycles. The number of aromatic nitrogens is 3. The van der Waals surface area contributed by atoms with Crippen molar-refractivity contribution in [2.45, 2.75) is 26.7 Å². The predicted molar refractivity (Wildman–Crippen MR) is 75.7 cm³/mol. The molecule has 0 aliphatic heterocycles. The van der Waals surface area contributed by atoms with E-state index in [9.17, 15) is 0 Å². The highest BCUT2D eigenvalue weighted by atomic mass is 35.5. The zero-order valence-corrected chi connectivity index (χ0v) is 11.9. The van der Waals surface area contributed by atoms with Crippen molar-refractivity contribution in [1.82, 2.24) is 14.8 Å². The van der Waals surface area contributed by atoms with Gasteiger partial charge in [0.15, 0.2) is 5.82 Å². The number of benzene rings is 1. The maximum Gasteiger partial charge on any atom is 0.151 e. The summed E-state index contributed by atoms with van der Waals surface area (Å²) in [5.41, 5.74) is 0.912. The molecule has 4 nitrogen and oxygen atoms in total. The molecule has 0 aliphatic carbocycles. The van der Waals surface area contributed by atoms with Gasteiger partial charge in [-0.25, -0.2) is 9.67 Å². The molecular formula is C14H18ClN3O. The normalized spacial score (nSPS) is 11.2. The summed E-state index contributed by atoms with van der Waals surface area (Å²) in [6.07, 6.45) is 1.33. The molecule has 1 aromatic heterocycles. The van der Waals surface area contributed by atoms with E-state index >= 15 is 0 Å². The topological polar surface area (TPSA) is 50.9 Å². The van der Waals surface area contributed by atoms with Crippen LogP contribution < -0.4 is 0 Å². The SMILES string of the molecule is CC(C)Cc1nc(CCO)n(-c2ccc(Cl)cc2)n1. The van der Waals surface area contributed by atoms with E-state index in [0.29, 0.717) is 17.4 Å². The lowest BCUT2D eigenvalue weighted by molar-refractivity contribution is 0.295. The molecule has 19 heavy (non-hydrogen) atoms. The molecule has 2 rings (SSSR count). The number of nitrogens with zero attached hydrogens (tertiary/aromatic N) is 3. The van der Waals surface area contributed by atoms with Crippen LogP contribution in [0.1, 0.15) is 25.5 Å². The first-order chi connectivity index (χ1) is 9.10. The van der Waals surface area contributed by atoms with Gasteiger partial charge >= 0.3 is 0 Å². The van der Waals surface area contributed by atoms with Crippen LogP contribution in [-0.4, -0.2) is 26.5 Å². The molecule has 0 unspecified atom stereocenters. The van der Waals surface area contributed by atoms with Gasteiger partial charge in [-0.05, 0) is 30.2 Å². The van der Waals surface area contributed by atoms with E-state index in [1.165, 1.54) is 0 Å². The molecule has 0 spiro atoms. The molecule has 0 radical (unpaired) electrons. The number of aliphatic hydroxyl groups excluding tert-OH is 1. The lowest BCUT2D eigenvalue weighted by Crippen LogP contribution is -2.05. The zero-order valence-electron chi connectivity index (χ0n) is 11.2. The van der Waals surface area contributed by atoms with Gasteiger partial charge in [0.2, 0.25) is 0 Å². The quantitative estimate of drug-likeness (QED) is 0.915. The smallest absolute Gasteiger partial charge is 0.151 e. The first-order valence-electron chi connectivity index (χ1n) is 6.41. The van der Waals surface area contributed by atoms with Crippen LogP contribution in [0.4, 0.5) is 0 Å². The highest BCUT2D eigenvalue weighted by molar-refractivity contribution is 6.30. The Labute approximate surface area is 118 Å². The Bertz CT molecular complexity index is 534. The van der Waals surface area contributed by atoms with Crippen LogP contribution in [0.25, 0.3) is 5.69 Å². The summed E-state index contributed by atoms with van der Waals surface area (Å²) in [6, 6.07) is 7.45. The maximum atomic E-state index is 9.12. The third-order valence-electron chi connectivity index (χ3n) is 2.72. The molecular weight excluding hydrogens is 262 g/mol. The fourth-order valence-corrected chi connectivity index (χ4v) is 2.02. The van der Waals surface area contributed by atoms with E-state index in [1.807, 2.05) is 24.3 Å². The van der Waals surface area contributed by atoms with Gasteiger partial charge in [0, 0.05) is 17.9 Å². The van der Waals surface area contributed by atoms with Crippen LogP contribution in [0.5, 0.6) is 0 Å².